The first-order chi connectivity index (χ1) is 15.9. The average Bonchev–Trinajstić information content (AvgIpc) is 3.23. The number of aromatic amines is 1. The Kier molecular flexibility index (Phi) is 7.97. The highest BCUT2D eigenvalue weighted by Gasteiger charge is 2.26. The van der Waals surface area contributed by atoms with Gasteiger partial charge in [0.15, 0.2) is 0 Å². The second-order valence-corrected chi connectivity index (χ2v) is 10.6. The summed E-state index contributed by atoms with van der Waals surface area (Å²) in [4.78, 5) is 21.5. The lowest BCUT2D eigenvalue weighted by Crippen LogP contribution is -2.50. The van der Waals surface area contributed by atoms with E-state index >= 15 is 0 Å². The molecule has 1 amide bonds. The molecule has 0 bridgehead atoms. The molecule has 182 valence electrons. The molecule has 33 heavy (non-hydrogen) atoms. The average molecular weight is 455 g/mol. The summed E-state index contributed by atoms with van der Waals surface area (Å²) in [6, 6.07) is 9.52. The molecule has 2 N–H and O–H groups in total. The zero-order valence-electron chi connectivity index (χ0n) is 20.9. The maximum atomic E-state index is 12.9. The lowest BCUT2D eigenvalue weighted by atomic mass is 9.97. The highest BCUT2D eigenvalue weighted by atomic mass is 16.5. The second-order valence-electron chi connectivity index (χ2n) is 10.6. The third kappa shape index (κ3) is 6.10. The molecule has 0 aliphatic carbocycles. The van der Waals surface area contributed by atoms with E-state index in [2.05, 4.69) is 47.8 Å². The van der Waals surface area contributed by atoms with Crippen molar-refractivity contribution in [1.82, 2.24) is 20.1 Å². The molecule has 1 aromatic heterocycles. The highest BCUT2D eigenvalue weighted by molar-refractivity contribution is 5.99. The Morgan fingerprint density at radius 1 is 1.12 bits per heavy atom. The van der Waals surface area contributed by atoms with E-state index in [4.69, 9.17) is 4.74 Å². The van der Waals surface area contributed by atoms with Crippen LogP contribution in [-0.4, -0.2) is 71.6 Å². The van der Waals surface area contributed by atoms with Gasteiger partial charge in [-0.3, -0.25) is 9.69 Å². The standard InChI is InChI=1S/C27H42N4O2/c1-19(2)18-33-26-10-6-9-24-23(26)17-25(29-24)27(32)28-22-11-13-30(14-12-22)15-16-31-20(3)7-5-8-21(31)4/h6,9-10,17,19-22,29H,5,7-8,11-16,18H2,1-4H3,(H,28,32)/t20-,21+. The van der Waals surface area contributed by atoms with E-state index in [1.807, 2.05) is 24.3 Å². The Bertz CT molecular complexity index is 906. The number of aromatic nitrogens is 1. The van der Waals surface area contributed by atoms with Crippen LogP contribution in [0.4, 0.5) is 0 Å². The molecule has 6 nitrogen and oxygen atoms in total. The number of ether oxygens (including phenoxy) is 1. The zero-order chi connectivity index (χ0) is 23.4. The number of H-pyrrole nitrogens is 1. The Morgan fingerprint density at radius 3 is 2.55 bits per heavy atom. The minimum absolute atomic E-state index is 0.0181. The fraction of sp³-hybridized carbons (Fsp3) is 0.667. The SMILES string of the molecule is CC(C)COc1cccc2[nH]c(C(=O)NC3CCN(CCN4[C@H](C)CCC[C@@H]4C)CC3)cc12. The summed E-state index contributed by atoms with van der Waals surface area (Å²) < 4.78 is 5.95. The second kappa shape index (κ2) is 10.9. The third-order valence-electron chi connectivity index (χ3n) is 7.41. The molecule has 0 radical (unpaired) electrons. The highest BCUT2D eigenvalue weighted by Crippen LogP contribution is 2.27. The van der Waals surface area contributed by atoms with Gasteiger partial charge in [0.1, 0.15) is 11.4 Å². The summed E-state index contributed by atoms with van der Waals surface area (Å²) in [5.41, 5.74) is 1.55. The van der Waals surface area contributed by atoms with E-state index in [1.165, 1.54) is 19.3 Å². The Hall–Kier alpha value is -2.05. The van der Waals surface area contributed by atoms with E-state index in [1.54, 1.807) is 0 Å². The van der Waals surface area contributed by atoms with Crippen LogP contribution in [0.3, 0.4) is 0 Å². The summed E-state index contributed by atoms with van der Waals surface area (Å²) in [5.74, 6) is 1.28. The number of hydrogen-bond donors (Lipinski definition) is 2. The number of hydrogen-bond acceptors (Lipinski definition) is 4. The van der Waals surface area contributed by atoms with Crippen molar-refractivity contribution < 1.29 is 9.53 Å². The minimum Gasteiger partial charge on any atom is -0.493 e. The van der Waals surface area contributed by atoms with Crippen LogP contribution in [0.25, 0.3) is 10.9 Å². The van der Waals surface area contributed by atoms with Gasteiger partial charge in [0.2, 0.25) is 0 Å². The number of piperidine rings is 2. The molecule has 2 atom stereocenters. The largest absolute Gasteiger partial charge is 0.493 e. The topological polar surface area (TPSA) is 60.6 Å². The number of carbonyl (C=O) groups excluding carboxylic acids is 1. The monoisotopic (exact) mass is 454 g/mol. The van der Waals surface area contributed by atoms with Crippen molar-refractivity contribution in [3.63, 3.8) is 0 Å². The molecule has 2 aliphatic heterocycles. The molecule has 2 saturated heterocycles. The minimum atomic E-state index is -0.0181. The van der Waals surface area contributed by atoms with Gasteiger partial charge >= 0.3 is 0 Å². The van der Waals surface area contributed by atoms with Gasteiger partial charge < -0.3 is 19.9 Å². The van der Waals surface area contributed by atoms with E-state index in [-0.39, 0.29) is 11.9 Å². The Morgan fingerprint density at radius 2 is 1.85 bits per heavy atom. The van der Waals surface area contributed by atoms with Crippen molar-refractivity contribution >= 4 is 16.8 Å². The van der Waals surface area contributed by atoms with Crippen molar-refractivity contribution in [3.05, 3.63) is 30.0 Å². The number of carbonyl (C=O) groups is 1. The van der Waals surface area contributed by atoms with Gasteiger partial charge in [0, 0.05) is 55.2 Å². The molecule has 0 unspecified atom stereocenters. The van der Waals surface area contributed by atoms with Crippen molar-refractivity contribution in [3.8, 4) is 5.75 Å². The van der Waals surface area contributed by atoms with Crippen molar-refractivity contribution in [1.29, 1.82) is 0 Å². The number of fused-ring (bicyclic) bond motifs is 1. The first-order valence-corrected chi connectivity index (χ1v) is 12.9. The van der Waals surface area contributed by atoms with Gasteiger partial charge in [-0.25, -0.2) is 0 Å². The molecular weight excluding hydrogens is 412 g/mol. The summed E-state index contributed by atoms with van der Waals surface area (Å²) in [7, 11) is 0. The first-order valence-electron chi connectivity index (χ1n) is 12.9. The number of rotatable bonds is 8. The van der Waals surface area contributed by atoms with Crippen LogP contribution in [0.5, 0.6) is 5.75 Å². The number of nitrogens with zero attached hydrogens (tertiary/aromatic N) is 2. The Labute approximate surface area is 199 Å². The molecule has 1 aromatic carbocycles. The maximum Gasteiger partial charge on any atom is 0.267 e. The fourth-order valence-corrected chi connectivity index (χ4v) is 5.37. The lowest BCUT2D eigenvalue weighted by Gasteiger charge is -2.41. The molecule has 0 spiro atoms. The predicted molar refractivity (Wildman–Crippen MR) is 135 cm³/mol. The lowest BCUT2D eigenvalue weighted by molar-refractivity contribution is 0.0779. The molecule has 2 fully saturated rings. The van der Waals surface area contributed by atoms with Gasteiger partial charge in [-0.2, -0.15) is 0 Å². The van der Waals surface area contributed by atoms with Crippen molar-refractivity contribution in [2.75, 3.05) is 32.8 Å². The maximum absolute atomic E-state index is 12.9. The van der Waals surface area contributed by atoms with Gasteiger partial charge in [-0.1, -0.05) is 26.3 Å². The van der Waals surface area contributed by atoms with Gasteiger partial charge in [0.25, 0.3) is 5.91 Å². The van der Waals surface area contributed by atoms with Crippen LogP contribution in [-0.2, 0) is 0 Å². The van der Waals surface area contributed by atoms with Gasteiger partial charge in [-0.05, 0) is 63.6 Å². The third-order valence-corrected chi connectivity index (χ3v) is 7.41. The van der Waals surface area contributed by atoms with Crippen molar-refractivity contribution in [2.24, 2.45) is 5.92 Å². The molecule has 2 aromatic rings. The first kappa shape index (κ1) is 24.1. The van der Waals surface area contributed by atoms with E-state index < -0.39 is 0 Å². The van der Waals surface area contributed by atoms with Crippen molar-refractivity contribution in [2.45, 2.75) is 77.9 Å². The molecule has 6 heteroatoms. The molecule has 0 saturated carbocycles. The van der Waals surface area contributed by atoms with Crippen LogP contribution >= 0.6 is 0 Å². The molecule has 2 aliphatic rings. The van der Waals surface area contributed by atoms with Gasteiger partial charge in [0.05, 0.1) is 6.61 Å². The summed E-state index contributed by atoms with van der Waals surface area (Å²) in [6.45, 7) is 14.1. The normalized spacial score (nSPS) is 23.3. The van der Waals surface area contributed by atoms with Crippen LogP contribution in [0, 0.1) is 5.92 Å². The smallest absolute Gasteiger partial charge is 0.267 e. The summed E-state index contributed by atoms with van der Waals surface area (Å²) >= 11 is 0. The van der Waals surface area contributed by atoms with Crippen LogP contribution in [0.15, 0.2) is 24.3 Å². The van der Waals surface area contributed by atoms with E-state index in [9.17, 15) is 4.79 Å². The Balaban J connectivity index is 1.27. The summed E-state index contributed by atoms with van der Waals surface area (Å²) in [6.07, 6.45) is 6.06. The predicted octanol–water partition coefficient (Wildman–Crippen LogP) is 4.66. The number of benzene rings is 1. The van der Waals surface area contributed by atoms with Crippen LogP contribution in [0.1, 0.15) is 70.3 Å². The molecule has 4 rings (SSSR count). The van der Waals surface area contributed by atoms with E-state index in [0.29, 0.717) is 30.3 Å². The number of likely N-dealkylation sites (tertiary alicyclic amines) is 2. The quantitative estimate of drug-likeness (QED) is 0.609. The van der Waals surface area contributed by atoms with Gasteiger partial charge in [-0.15, -0.1) is 0 Å². The van der Waals surface area contributed by atoms with Crippen LogP contribution < -0.4 is 10.1 Å². The molecule has 3 heterocycles. The summed E-state index contributed by atoms with van der Waals surface area (Å²) in [5, 5.41) is 4.23. The number of amides is 1. The fourth-order valence-electron chi connectivity index (χ4n) is 5.37. The number of nitrogens with one attached hydrogen (secondary N) is 2. The van der Waals surface area contributed by atoms with Crippen LogP contribution in [0.2, 0.25) is 0 Å². The van der Waals surface area contributed by atoms with E-state index in [0.717, 1.165) is 55.7 Å². The zero-order valence-corrected chi connectivity index (χ0v) is 20.9. The molecular formula is C27H42N4O2.